The largest absolute Gasteiger partial charge is 0.484 e. The van der Waals surface area contributed by atoms with Crippen molar-refractivity contribution in [3.8, 4) is 5.75 Å². The summed E-state index contributed by atoms with van der Waals surface area (Å²) in [7, 11) is 0. The lowest BCUT2D eigenvalue weighted by Crippen LogP contribution is -2.34. The fraction of sp³-hybridized carbons (Fsp3) is 0.150. The fourth-order valence-corrected chi connectivity index (χ4v) is 3.19. The second-order valence-electron chi connectivity index (χ2n) is 5.93. The molecule has 6 nitrogen and oxygen atoms in total. The van der Waals surface area contributed by atoms with Crippen LogP contribution in [0.15, 0.2) is 66.0 Å². The van der Waals surface area contributed by atoms with Crippen LogP contribution in [0.1, 0.15) is 10.4 Å². The summed E-state index contributed by atoms with van der Waals surface area (Å²) in [6.45, 7) is 2.30. The molecule has 2 aromatic carbocycles. The van der Waals surface area contributed by atoms with E-state index < -0.39 is 4.92 Å². The highest BCUT2D eigenvalue weighted by atomic mass is 32.1. The Bertz CT molecular complexity index is 906. The number of nitrogens with zero attached hydrogens (tertiary/aromatic N) is 2. The van der Waals surface area contributed by atoms with Gasteiger partial charge in [0.05, 0.1) is 11.5 Å². The van der Waals surface area contributed by atoms with Gasteiger partial charge in [-0.25, -0.2) is 0 Å². The maximum absolute atomic E-state index is 12.8. The van der Waals surface area contributed by atoms with Gasteiger partial charge in [-0.05, 0) is 42.6 Å². The number of carbonyl (C=O) groups is 1. The third-order valence-corrected chi connectivity index (χ3v) is 4.81. The Balaban J connectivity index is 1.72. The normalized spacial score (nSPS) is 10.4. The van der Waals surface area contributed by atoms with Crippen LogP contribution < -0.4 is 9.64 Å². The van der Waals surface area contributed by atoms with E-state index in [0.717, 1.165) is 16.1 Å². The summed E-state index contributed by atoms with van der Waals surface area (Å²) in [6, 6.07) is 17.3. The lowest BCUT2D eigenvalue weighted by molar-refractivity contribution is -0.384. The molecule has 1 heterocycles. The van der Waals surface area contributed by atoms with E-state index in [9.17, 15) is 14.9 Å². The third kappa shape index (κ3) is 4.92. The lowest BCUT2D eigenvalue weighted by atomic mass is 10.2. The minimum atomic E-state index is -0.477. The zero-order valence-corrected chi connectivity index (χ0v) is 15.5. The number of nitro groups is 1. The zero-order valence-electron chi connectivity index (χ0n) is 14.7. The highest BCUT2D eigenvalue weighted by Crippen LogP contribution is 2.22. The molecule has 1 amide bonds. The molecule has 0 radical (unpaired) electrons. The number of benzene rings is 2. The Hall–Kier alpha value is -3.19. The quantitative estimate of drug-likeness (QED) is 0.443. The molecule has 0 aliphatic carbocycles. The van der Waals surface area contributed by atoms with Crippen LogP contribution in [0.5, 0.6) is 5.75 Å². The molecule has 3 rings (SSSR count). The van der Waals surface area contributed by atoms with E-state index in [1.54, 1.807) is 16.2 Å². The van der Waals surface area contributed by atoms with E-state index in [0.29, 0.717) is 12.3 Å². The number of thiophene rings is 1. The molecule has 0 fully saturated rings. The van der Waals surface area contributed by atoms with Gasteiger partial charge in [-0.1, -0.05) is 23.8 Å². The molecular formula is C20H18N2O4S. The number of hydrogen-bond acceptors (Lipinski definition) is 5. The van der Waals surface area contributed by atoms with E-state index >= 15 is 0 Å². The maximum atomic E-state index is 12.8. The Morgan fingerprint density at radius 1 is 1.11 bits per heavy atom. The topological polar surface area (TPSA) is 72.7 Å². The van der Waals surface area contributed by atoms with Gasteiger partial charge in [-0.2, -0.15) is 0 Å². The maximum Gasteiger partial charge on any atom is 0.269 e. The molecule has 0 bridgehead atoms. The summed E-state index contributed by atoms with van der Waals surface area (Å²) in [5.74, 6) is 0.222. The number of non-ortho nitro benzene ring substituents is 1. The van der Waals surface area contributed by atoms with Gasteiger partial charge in [0, 0.05) is 22.7 Å². The number of aryl methyl sites for hydroxylation is 1. The van der Waals surface area contributed by atoms with Crippen molar-refractivity contribution in [2.75, 3.05) is 11.5 Å². The number of ether oxygens (including phenoxy) is 1. The Kier molecular flexibility index (Phi) is 5.83. The molecular weight excluding hydrogens is 364 g/mol. The van der Waals surface area contributed by atoms with Gasteiger partial charge < -0.3 is 9.64 Å². The first-order valence-electron chi connectivity index (χ1n) is 8.29. The Morgan fingerprint density at radius 3 is 2.41 bits per heavy atom. The molecule has 1 aromatic heterocycles. The fourth-order valence-electron chi connectivity index (χ4n) is 2.49. The highest BCUT2D eigenvalue weighted by molar-refractivity contribution is 7.09. The number of amides is 1. The third-order valence-electron chi connectivity index (χ3n) is 3.95. The first kappa shape index (κ1) is 18.6. The van der Waals surface area contributed by atoms with Gasteiger partial charge in [0.15, 0.2) is 6.61 Å². The minimum absolute atomic E-state index is 0.0207. The second kappa shape index (κ2) is 8.46. The van der Waals surface area contributed by atoms with Gasteiger partial charge in [0.25, 0.3) is 11.6 Å². The van der Waals surface area contributed by atoms with Gasteiger partial charge in [-0.15, -0.1) is 11.3 Å². The summed E-state index contributed by atoms with van der Waals surface area (Å²) in [4.78, 5) is 25.8. The molecule has 0 N–H and O–H groups in total. The molecule has 3 aromatic rings. The van der Waals surface area contributed by atoms with Crippen molar-refractivity contribution in [2.45, 2.75) is 13.5 Å². The first-order chi connectivity index (χ1) is 13.0. The molecule has 0 aliphatic heterocycles. The number of carbonyl (C=O) groups excluding carboxylic acids is 1. The van der Waals surface area contributed by atoms with E-state index in [4.69, 9.17) is 4.74 Å². The average molecular weight is 382 g/mol. The Morgan fingerprint density at radius 2 is 1.81 bits per heavy atom. The van der Waals surface area contributed by atoms with E-state index in [1.165, 1.54) is 24.3 Å². The molecule has 27 heavy (non-hydrogen) atoms. The van der Waals surface area contributed by atoms with Crippen LogP contribution in [0, 0.1) is 17.0 Å². The molecule has 0 saturated heterocycles. The molecule has 138 valence electrons. The summed E-state index contributed by atoms with van der Waals surface area (Å²) < 4.78 is 5.54. The van der Waals surface area contributed by atoms with Crippen molar-refractivity contribution in [3.63, 3.8) is 0 Å². The standard InChI is InChI=1S/C20H18N2O4S/c1-15-4-6-16(7-5-15)21(13-19-3-2-12-27-19)20(23)14-26-18-10-8-17(9-11-18)22(24)25/h2-12H,13-14H2,1H3. The summed E-state index contributed by atoms with van der Waals surface area (Å²) >= 11 is 1.59. The van der Waals surface area contributed by atoms with Crippen LogP contribution in [0.4, 0.5) is 11.4 Å². The van der Waals surface area contributed by atoms with Gasteiger partial charge >= 0.3 is 0 Å². The van der Waals surface area contributed by atoms with Crippen molar-refractivity contribution in [1.29, 1.82) is 0 Å². The molecule has 7 heteroatoms. The van der Waals surface area contributed by atoms with Crippen LogP contribution >= 0.6 is 11.3 Å². The van der Waals surface area contributed by atoms with Crippen molar-refractivity contribution < 1.29 is 14.5 Å². The first-order valence-corrected chi connectivity index (χ1v) is 9.17. The summed E-state index contributed by atoms with van der Waals surface area (Å²) in [5, 5.41) is 12.7. The molecule has 0 spiro atoms. The minimum Gasteiger partial charge on any atom is -0.484 e. The number of hydrogen-bond donors (Lipinski definition) is 0. The second-order valence-corrected chi connectivity index (χ2v) is 6.97. The summed E-state index contributed by atoms with van der Waals surface area (Å²) in [5.41, 5.74) is 1.89. The monoisotopic (exact) mass is 382 g/mol. The van der Waals surface area contributed by atoms with Crippen LogP contribution in [0.25, 0.3) is 0 Å². The number of rotatable bonds is 7. The van der Waals surface area contributed by atoms with Crippen molar-refractivity contribution in [2.24, 2.45) is 0 Å². The predicted molar refractivity (Wildman–Crippen MR) is 105 cm³/mol. The van der Waals surface area contributed by atoms with Crippen molar-refractivity contribution in [3.05, 3.63) is 86.6 Å². The van der Waals surface area contributed by atoms with Crippen LogP contribution in [-0.4, -0.2) is 17.4 Å². The molecule has 0 aliphatic rings. The predicted octanol–water partition coefficient (Wildman–Crippen LogP) is 4.58. The van der Waals surface area contributed by atoms with E-state index in [-0.39, 0.29) is 18.2 Å². The van der Waals surface area contributed by atoms with E-state index in [2.05, 4.69) is 0 Å². The van der Waals surface area contributed by atoms with Gasteiger partial charge in [0.1, 0.15) is 5.75 Å². The zero-order chi connectivity index (χ0) is 19.2. The molecule has 0 unspecified atom stereocenters. The molecule has 0 saturated carbocycles. The molecule has 0 atom stereocenters. The Labute approximate surface area is 160 Å². The SMILES string of the molecule is Cc1ccc(N(Cc2cccs2)C(=O)COc2ccc([N+](=O)[O-])cc2)cc1. The van der Waals surface area contributed by atoms with Crippen LogP contribution in [0.2, 0.25) is 0 Å². The number of anilines is 1. The van der Waals surface area contributed by atoms with Gasteiger partial charge in [0.2, 0.25) is 0 Å². The van der Waals surface area contributed by atoms with Crippen LogP contribution in [0.3, 0.4) is 0 Å². The van der Waals surface area contributed by atoms with Gasteiger partial charge in [-0.3, -0.25) is 14.9 Å². The van der Waals surface area contributed by atoms with Crippen molar-refractivity contribution >= 4 is 28.6 Å². The smallest absolute Gasteiger partial charge is 0.269 e. The summed E-state index contributed by atoms with van der Waals surface area (Å²) in [6.07, 6.45) is 0. The van der Waals surface area contributed by atoms with Crippen molar-refractivity contribution in [1.82, 2.24) is 0 Å². The lowest BCUT2D eigenvalue weighted by Gasteiger charge is -2.22. The number of nitro benzene ring substituents is 1. The average Bonchev–Trinajstić information content (AvgIpc) is 3.18. The van der Waals surface area contributed by atoms with Crippen LogP contribution in [-0.2, 0) is 11.3 Å². The van der Waals surface area contributed by atoms with E-state index in [1.807, 2.05) is 48.7 Å². The highest BCUT2D eigenvalue weighted by Gasteiger charge is 2.18.